The lowest BCUT2D eigenvalue weighted by molar-refractivity contribution is 0.425. The summed E-state index contributed by atoms with van der Waals surface area (Å²) in [6, 6.07) is 7.26. The molecule has 9 heteroatoms. The zero-order valence-electron chi connectivity index (χ0n) is 12.7. The molecular weight excluding hydrogens is 336 g/mol. The molecule has 3 rings (SSSR count). The van der Waals surface area contributed by atoms with Crippen LogP contribution in [0.5, 0.6) is 0 Å². The lowest BCUT2D eigenvalue weighted by Gasteiger charge is -2.05. The van der Waals surface area contributed by atoms with Crippen molar-refractivity contribution >= 4 is 23.4 Å². The van der Waals surface area contributed by atoms with Crippen LogP contribution < -0.4 is 0 Å². The van der Waals surface area contributed by atoms with Crippen molar-refractivity contribution in [2.75, 3.05) is 0 Å². The summed E-state index contributed by atoms with van der Waals surface area (Å²) in [5.74, 6) is 2.08. The summed E-state index contributed by atoms with van der Waals surface area (Å²) in [7, 11) is 0. The highest BCUT2D eigenvalue weighted by Gasteiger charge is 2.12. The van der Waals surface area contributed by atoms with Crippen LogP contribution >= 0.6 is 23.4 Å². The first-order valence-electron chi connectivity index (χ1n) is 7.09. The van der Waals surface area contributed by atoms with Gasteiger partial charge in [-0.2, -0.15) is 4.98 Å². The monoisotopic (exact) mass is 350 g/mol. The van der Waals surface area contributed by atoms with Crippen molar-refractivity contribution in [2.24, 2.45) is 5.92 Å². The number of nitrogens with zero attached hydrogens (tertiary/aromatic N) is 6. The Kier molecular flexibility index (Phi) is 4.92. The molecule has 120 valence electrons. The van der Waals surface area contributed by atoms with Gasteiger partial charge < -0.3 is 4.52 Å². The van der Waals surface area contributed by atoms with Crippen molar-refractivity contribution in [3.63, 3.8) is 0 Å². The Bertz CT molecular complexity index is 770. The molecule has 2 heterocycles. The number of rotatable bonds is 6. The molecule has 0 spiro atoms. The van der Waals surface area contributed by atoms with Crippen LogP contribution in [0.15, 0.2) is 33.9 Å². The van der Waals surface area contributed by atoms with Gasteiger partial charge >= 0.3 is 0 Å². The smallest absolute Gasteiger partial charge is 0.257 e. The molecule has 0 saturated carbocycles. The third-order valence-electron chi connectivity index (χ3n) is 2.93. The number of hydrogen-bond acceptors (Lipinski definition) is 7. The average Bonchev–Trinajstić information content (AvgIpc) is 3.15. The van der Waals surface area contributed by atoms with E-state index in [4.69, 9.17) is 16.1 Å². The molecule has 0 aliphatic carbocycles. The minimum absolute atomic E-state index is 0.471. The van der Waals surface area contributed by atoms with Gasteiger partial charge in [-0.15, -0.1) is 5.10 Å². The summed E-state index contributed by atoms with van der Waals surface area (Å²) < 4.78 is 7.07. The minimum Gasteiger partial charge on any atom is -0.334 e. The molecule has 7 nitrogen and oxygen atoms in total. The summed E-state index contributed by atoms with van der Waals surface area (Å²) in [4.78, 5) is 4.38. The topological polar surface area (TPSA) is 82.5 Å². The molecule has 2 aromatic heterocycles. The second kappa shape index (κ2) is 7.10. The maximum Gasteiger partial charge on any atom is 0.257 e. The second-order valence-corrected chi connectivity index (χ2v) is 6.73. The van der Waals surface area contributed by atoms with Gasteiger partial charge in [-0.05, 0) is 40.6 Å². The molecule has 0 saturated heterocycles. The van der Waals surface area contributed by atoms with Gasteiger partial charge in [0.05, 0.1) is 5.75 Å². The predicted octanol–water partition coefficient (Wildman–Crippen LogP) is 3.32. The van der Waals surface area contributed by atoms with Gasteiger partial charge in [0.2, 0.25) is 5.16 Å². The Morgan fingerprint density at radius 1 is 1.26 bits per heavy atom. The van der Waals surface area contributed by atoms with E-state index in [1.54, 1.807) is 16.8 Å². The molecule has 0 atom stereocenters. The standard InChI is InChI=1S/C14H15ClN6OS/c1-9(2)7-21-14(17-19-20-21)23-8-12-16-13(22-18-12)10-3-5-11(15)6-4-10/h3-6,9H,7-8H2,1-2H3. The van der Waals surface area contributed by atoms with Gasteiger partial charge in [0.15, 0.2) is 5.82 Å². The van der Waals surface area contributed by atoms with Crippen LogP contribution in [0.25, 0.3) is 11.5 Å². The Hall–Kier alpha value is -1.93. The van der Waals surface area contributed by atoms with E-state index in [2.05, 4.69) is 39.5 Å². The predicted molar refractivity (Wildman–Crippen MR) is 87.0 cm³/mol. The number of halogens is 1. The van der Waals surface area contributed by atoms with E-state index < -0.39 is 0 Å². The highest BCUT2D eigenvalue weighted by Crippen LogP contribution is 2.23. The molecule has 0 aliphatic rings. The number of benzene rings is 1. The third kappa shape index (κ3) is 4.08. The molecular formula is C14H15ClN6OS. The van der Waals surface area contributed by atoms with Gasteiger partial charge in [0.1, 0.15) is 0 Å². The first-order chi connectivity index (χ1) is 11.1. The molecule has 0 fully saturated rings. The first kappa shape index (κ1) is 15.9. The van der Waals surface area contributed by atoms with Crippen molar-refractivity contribution in [3.8, 4) is 11.5 Å². The summed E-state index contributed by atoms with van der Waals surface area (Å²) >= 11 is 7.35. The maximum atomic E-state index is 5.87. The van der Waals surface area contributed by atoms with E-state index in [9.17, 15) is 0 Å². The van der Waals surface area contributed by atoms with Crippen LogP contribution in [0.2, 0.25) is 5.02 Å². The normalized spacial score (nSPS) is 11.3. The Balaban J connectivity index is 1.66. The molecule has 1 aromatic carbocycles. The first-order valence-corrected chi connectivity index (χ1v) is 8.45. The molecule has 23 heavy (non-hydrogen) atoms. The highest BCUT2D eigenvalue weighted by atomic mass is 35.5. The highest BCUT2D eigenvalue weighted by molar-refractivity contribution is 7.98. The molecule has 0 amide bonds. The second-order valence-electron chi connectivity index (χ2n) is 5.35. The number of tetrazole rings is 1. The van der Waals surface area contributed by atoms with Crippen LogP contribution in [0, 0.1) is 5.92 Å². The van der Waals surface area contributed by atoms with Crippen molar-refractivity contribution in [3.05, 3.63) is 35.1 Å². The molecule has 0 unspecified atom stereocenters. The molecule has 0 bridgehead atoms. The van der Waals surface area contributed by atoms with Crippen LogP contribution in [0.4, 0.5) is 0 Å². The fraction of sp³-hybridized carbons (Fsp3) is 0.357. The minimum atomic E-state index is 0.471. The van der Waals surface area contributed by atoms with Crippen LogP contribution in [-0.4, -0.2) is 30.3 Å². The summed E-state index contributed by atoms with van der Waals surface area (Å²) in [6.07, 6.45) is 0. The van der Waals surface area contributed by atoms with Gasteiger partial charge in [0, 0.05) is 17.1 Å². The zero-order chi connectivity index (χ0) is 16.2. The quantitative estimate of drug-likeness (QED) is 0.630. The fourth-order valence-electron chi connectivity index (χ4n) is 1.91. The molecule has 0 N–H and O–H groups in total. The molecule has 0 aliphatic heterocycles. The number of thioether (sulfide) groups is 1. The van der Waals surface area contributed by atoms with Crippen molar-refractivity contribution in [1.82, 2.24) is 30.3 Å². The van der Waals surface area contributed by atoms with E-state index in [0.717, 1.165) is 17.3 Å². The van der Waals surface area contributed by atoms with Crippen LogP contribution in [0.3, 0.4) is 0 Å². The number of hydrogen-bond donors (Lipinski definition) is 0. The van der Waals surface area contributed by atoms with Gasteiger partial charge in [0.25, 0.3) is 5.89 Å². The van der Waals surface area contributed by atoms with Crippen molar-refractivity contribution in [1.29, 1.82) is 0 Å². The molecule has 0 radical (unpaired) electrons. The summed E-state index contributed by atoms with van der Waals surface area (Å²) in [5, 5.41) is 17.1. The lowest BCUT2D eigenvalue weighted by Crippen LogP contribution is -2.07. The van der Waals surface area contributed by atoms with Gasteiger partial charge in [-0.25, -0.2) is 4.68 Å². The van der Waals surface area contributed by atoms with Crippen molar-refractivity contribution in [2.45, 2.75) is 31.3 Å². The SMILES string of the molecule is CC(C)Cn1nnnc1SCc1noc(-c2ccc(Cl)cc2)n1. The summed E-state index contributed by atoms with van der Waals surface area (Å²) in [5.41, 5.74) is 0.836. The van der Waals surface area contributed by atoms with E-state index in [1.165, 1.54) is 11.8 Å². The van der Waals surface area contributed by atoms with E-state index in [1.807, 2.05) is 12.1 Å². The maximum absolute atomic E-state index is 5.87. The van der Waals surface area contributed by atoms with Crippen LogP contribution in [-0.2, 0) is 12.3 Å². The number of aromatic nitrogens is 6. The van der Waals surface area contributed by atoms with E-state index in [0.29, 0.717) is 28.4 Å². The van der Waals surface area contributed by atoms with Gasteiger partial charge in [-0.1, -0.05) is 42.4 Å². The fourth-order valence-corrected chi connectivity index (χ4v) is 2.77. The van der Waals surface area contributed by atoms with E-state index in [-0.39, 0.29) is 0 Å². The average molecular weight is 351 g/mol. The van der Waals surface area contributed by atoms with Gasteiger partial charge in [-0.3, -0.25) is 0 Å². The Morgan fingerprint density at radius 2 is 2.04 bits per heavy atom. The summed E-state index contributed by atoms with van der Waals surface area (Å²) in [6.45, 7) is 5.01. The lowest BCUT2D eigenvalue weighted by atomic mass is 10.2. The van der Waals surface area contributed by atoms with E-state index >= 15 is 0 Å². The molecule has 3 aromatic rings. The third-order valence-corrected chi connectivity index (χ3v) is 4.13. The van der Waals surface area contributed by atoms with Crippen molar-refractivity contribution < 1.29 is 4.52 Å². The zero-order valence-corrected chi connectivity index (χ0v) is 14.3. The Morgan fingerprint density at radius 3 is 2.78 bits per heavy atom. The largest absolute Gasteiger partial charge is 0.334 e. The van der Waals surface area contributed by atoms with Crippen LogP contribution in [0.1, 0.15) is 19.7 Å². The Labute approximate surface area is 142 Å².